The van der Waals surface area contributed by atoms with Gasteiger partial charge in [-0.2, -0.15) is 0 Å². The van der Waals surface area contributed by atoms with Crippen LogP contribution in [0.15, 0.2) is 36.9 Å². The summed E-state index contributed by atoms with van der Waals surface area (Å²) in [6, 6.07) is 3.38. The molecule has 4 heterocycles. The number of nitrogens with one attached hydrogen (secondary N) is 1. The number of carbonyl (C=O) groups is 2. The molecule has 1 aliphatic heterocycles. The van der Waals surface area contributed by atoms with Crippen molar-refractivity contribution in [3.05, 3.63) is 42.5 Å². The summed E-state index contributed by atoms with van der Waals surface area (Å²) in [7, 11) is 1.34. The molecule has 3 aromatic heterocycles. The van der Waals surface area contributed by atoms with E-state index in [1.54, 1.807) is 41.8 Å². The number of methoxy groups -OCH3 is 1. The molecule has 0 radical (unpaired) electrons. The molecule has 188 valence electrons. The second kappa shape index (κ2) is 11.2. The minimum absolute atomic E-state index is 0.0422. The van der Waals surface area contributed by atoms with Crippen LogP contribution in [0.5, 0.6) is 0 Å². The summed E-state index contributed by atoms with van der Waals surface area (Å²) in [5.41, 5.74) is 1.89. The van der Waals surface area contributed by atoms with E-state index < -0.39 is 11.6 Å². The Hall–Kier alpha value is -3.69. The predicted octanol–water partition coefficient (Wildman–Crippen LogP) is 4.42. The fourth-order valence-electron chi connectivity index (χ4n) is 3.77. The monoisotopic (exact) mass is 482 g/mol. The maximum Gasteiger partial charge on any atom is 0.410 e. The van der Waals surface area contributed by atoms with E-state index in [4.69, 9.17) is 14.5 Å². The van der Waals surface area contributed by atoms with Crippen molar-refractivity contribution in [2.75, 3.05) is 25.5 Å². The van der Waals surface area contributed by atoms with Crippen LogP contribution >= 0.6 is 0 Å². The third-order valence-electron chi connectivity index (χ3n) is 5.26. The van der Waals surface area contributed by atoms with Crippen molar-refractivity contribution >= 4 is 23.5 Å². The molecule has 3 aromatic rings. The fourth-order valence-corrected chi connectivity index (χ4v) is 3.77. The second-order valence-electron chi connectivity index (χ2n) is 8.98. The summed E-state index contributed by atoms with van der Waals surface area (Å²) >= 11 is 0. The Labute approximate surface area is 205 Å². The zero-order valence-electron chi connectivity index (χ0n) is 21.2. The number of carbonyl (C=O) groups excluding carboxylic acids is 2. The zero-order chi connectivity index (χ0) is 25.6. The molecule has 1 N–H and O–H groups in total. The molecule has 0 saturated carbocycles. The molecular weight excluding hydrogens is 448 g/mol. The van der Waals surface area contributed by atoms with Gasteiger partial charge < -0.3 is 19.7 Å². The highest BCUT2D eigenvalue weighted by Gasteiger charge is 2.28. The van der Waals surface area contributed by atoms with E-state index in [-0.39, 0.29) is 12.1 Å². The van der Waals surface area contributed by atoms with Crippen molar-refractivity contribution in [3.63, 3.8) is 0 Å². The number of pyridine rings is 1. The van der Waals surface area contributed by atoms with Crippen molar-refractivity contribution in [1.82, 2.24) is 24.3 Å². The lowest BCUT2D eigenvalue weighted by atomic mass is 10.1. The summed E-state index contributed by atoms with van der Waals surface area (Å²) in [6.45, 7) is 10.8. The van der Waals surface area contributed by atoms with Crippen LogP contribution < -0.4 is 5.32 Å². The third kappa shape index (κ3) is 6.46. The molecule has 10 heteroatoms. The lowest BCUT2D eigenvalue weighted by Gasteiger charge is -2.34. The number of anilines is 1. The Balaban J connectivity index is 0.00000167. The predicted molar refractivity (Wildman–Crippen MR) is 133 cm³/mol. The fraction of sp³-hybridized carbons (Fsp3) is 0.480. The summed E-state index contributed by atoms with van der Waals surface area (Å²) in [6.07, 6.45) is 8.26. The van der Waals surface area contributed by atoms with Crippen molar-refractivity contribution in [3.8, 4) is 11.4 Å². The van der Waals surface area contributed by atoms with Gasteiger partial charge in [-0.3, -0.25) is 9.38 Å². The number of amides is 1. The van der Waals surface area contributed by atoms with Gasteiger partial charge in [0.1, 0.15) is 22.8 Å². The van der Waals surface area contributed by atoms with Gasteiger partial charge in [0.15, 0.2) is 0 Å². The van der Waals surface area contributed by atoms with E-state index >= 15 is 0 Å². The Kier molecular flexibility index (Phi) is 8.26. The third-order valence-corrected chi connectivity index (χ3v) is 5.26. The molecule has 1 amide bonds. The van der Waals surface area contributed by atoms with Gasteiger partial charge in [0, 0.05) is 25.3 Å². The van der Waals surface area contributed by atoms with Gasteiger partial charge in [0.05, 0.1) is 37.0 Å². The van der Waals surface area contributed by atoms with Crippen LogP contribution in [-0.4, -0.2) is 68.2 Å². The van der Waals surface area contributed by atoms with Crippen molar-refractivity contribution in [2.24, 2.45) is 0 Å². The Morgan fingerprint density at radius 2 is 1.94 bits per heavy atom. The first-order valence-corrected chi connectivity index (χ1v) is 11.9. The SMILES string of the molecule is CC.COC(=O)c1ccn2c(-c3cncc(NC4CCCN(C(=O)OC(C)(C)C)C4)n3)cnc2c1. The number of nitrogens with zero attached hydrogens (tertiary/aromatic N) is 5. The number of likely N-dealkylation sites (tertiary alicyclic amines) is 1. The number of piperidine rings is 1. The standard InChI is InChI=1S/C23H28N6O4.C2H6/c1-23(2,3)33-22(31)28-8-5-6-16(14-28)26-19-13-24-11-17(27-19)18-12-25-20-10-15(21(30)32-4)7-9-29(18)20;1-2/h7,9-13,16H,5-6,8,14H2,1-4H3,(H,26,27);1-2H3. The highest BCUT2D eigenvalue weighted by molar-refractivity contribution is 5.90. The van der Waals surface area contributed by atoms with Crippen molar-refractivity contribution in [2.45, 2.75) is 59.1 Å². The summed E-state index contributed by atoms with van der Waals surface area (Å²) in [4.78, 5) is 39.4. The number of fused-ring (bicyclic) bond motifs is 1. The Bertz CT molecular complexity index is 1170. The molecule has 35 heavy (non-hydrogen) atoms. The smallest absolute Gasteiger partial charge is 0.410 e. The van der Waals surface area contributed by atoms with Gasteiger partial charge in [0.2, 0.25) is 0 Å². The second-order valence-corrected chi connectivity index (χ2v) is 8.98. The van der Waals surface area contributed by atoms with Crippen LogP contribution in [0.3, 0.4) is 0 Å². The zero-order valence-corrected chi connectivity index (χ0v) is 21.2. The van der Waals surface area contributed by atoms with E-state index in [0.29, 0.717) is 35.8 Å². The molecule has 0 aliphatic carbocycles. The Morgan fingerprint density at radius 3 is 2.66 bits per heavy atom. The molecule has 4 rings (SSSR count). The number of imidazole rings is 1. The van der Waals surface area contributed by atoms with Crippen molar-refractivity contribution < 1.29 is 19.1 Å². The van der Waals surface area contributed by atoms with Crippen LogP contribution in [0.2, 0.25) is 0 Å². The molecule has 1 aliphatic rings. The molecule has 10 nitrogen and oxygen atoms in total. The van der Waals surface area contributed by atoms with Gasteiger partial charge in [0.25, 0.3) is 0 Å². The summed E-state index contributed by atoms with van der Waals surface area (Å²) < 4.78 is 12.1. The Morgan fingerprint density at radius 1 is 1.17 bits per heavy atom. The quantitative estimate of drug-likeness (QED) is 0.544. The minimum Gasteiger partial charge on any atom is -0.465 e. The largest absolute Gasteiger partial charge is 0.465 e. The summed E-state index contributed by atoms with van der Waals surface area (Å²) in [5.74, 6) is 0.200. The lowest BCUT2D eigenvalue weighted by molar-refractivity contribution is 0.0206. The first kappa shape index (κ1) is 25.9. The van der Waals surface area contributed by atoms with Crippen LogP contribution in [0, 0.1) is 0 Å². The molecule has 1 saturated heterocycles. The maximum atomic E-state index is 12.4. The number of hydrogen-bond donors (Lipinski definition) is 1. The highest BCUT2D eigenvalue weighted by atomic mass is 16.6. The van der Waals surface area contributed by atoms with Crippen LogP contribution in [0.1, 0.15) is 57.8 Å². The molecule has 0 spiro atoms. The number of aromatic nitrogens is 4. The van der Waals surface area contributed by atoms with E-state index in [2.05, 4.69) is 15.3 Å². The average molecular weight is 483 g/mol. The van der Waals surface area contributed by atoms with Gasteiger partial charge in [-0.05, 0) is 45.7 Å². The van der Waals surface area contributed by atoms with Gasteiger partial charge in [-0.25, -0.2) is 19.6 Å². The molecule has 0 bridgehead atoms. The molecular formula is C25H34N6O4. The maximum absolute atomic E-state index is 12.4. The molecule has 0 aromatic carbocycles. The first-order chi connectivity index (χ1) is 16.7. The van der Waals surface area contributed by atoms with Crippen molar-refractivity contribution in [1.29, 1.82) is 0 Å². The van der Waals surface area contributed by atoms with E-state index in [1.807, 2.05) is 39.0 Å². The number of esters is 1. The number of rotatable bonds is 4. The van der Waals surface area contributed by atoms with Gasteiger partial charge >= 0.3 is 12.1 Å². The lowest BCUT2D eigenvalue weighted by Crippen LogP contribution is -2.47. The number of hydrogen-bond acceptors (Lipinski definition) is 8. The van der Waals surface area contributed by atoms with E-state index in [9.17, 15) is 9.59 Å². The van der Waals surface area contributed by atoms with Gasteiger partial charge in [-0.15, -0.1) is 0 Å². The van der Waals surface area contributed by atoms with E-state index in [1.165, 1.54) is 7.11 Å². The minimum atomic E-state index is -0.525. The molecule has 1 unspecified atom stereocenters. The normalized spacial score (nSPS) is 15.7. The first-order valence-electron chi connectivity index (χ1n) is 11.9. The topological polar surface area (TPSA) is 111 Å². The highest BCUT2D eigenvalue weighted by Crippen LogP contribution is 2.22. The van der Waals surface area contributed by atoms with Crippen LogP contribution in [0.4, 0.5) is 10.6 Å². The van der Waals surface area contributed by atoms with E-state index in [0.717, 1.165) is 18.5 Å². The molecule has 1 atom stereocenters. The number of ether oxygens (including phenoxy) is 2. The average Bonchev–Trinajstić information content (AvgIpc) is 3.27. The molecule has 1 fully saturated rings. The summed E-state index contributed by atoms with van der Waals surface area (Å²) in [5, 5.41) is 3.40. The van der Waals surface area contributed by atoms with Gasteiger partial charge in [-0.1, -0.05) is 13.8 Å². The van der Waals surface area contributed by atoms with Crippen LogP contribution in [0.25, 0.3) is 17.0 Å². The van der Waals surface area contributed by atoms with Crippen LogP contribution in [-0.2, 0) is 9.47 Å².